The zero-order valence-corrected chi connectivity index (χ0v) is 9.61. The van der Waals surface area contributed by atoms with Crippen molar-refractivity contribution in [1.82, 2.24) is 4.90 Å². The van der Waals surface area contributed by atoms with E-state index in [0.29, 0.717) is 6.54 Å². The lowest BCUT2D eigenvalue weighted by molar-refractivity contribution is 0.374. The van der Waals surface area contributed by atoms with E-state index in [1.165, 1.54) is 6.26 Å². The first-order chi connectivity index (χ1) is 5.45. The molecular formula is C8H21NO2S. The third-order valence-corrected chi connectivity index (χ3v) is 2.31. The van der Waals surface area contributed by atoms with E-state index in [9.17, 15) is 8.42 Å². The maximum atomic E-state index is 10.6. The third-order valence-electron chi connectivity index (χ3n) is 1.38. The van der Waals surface area contributed by atoms with Crippen LogP contribution in [0.15, 0.2) is 0 Å². The van der Waals surface area contributed by atoms with Crippen LogP contribution in [-0.2, 0) is 9.84 Å². The van der Waals surface area contributed by atoms with E-state index in [1.807, 2.05) is 32.7 Å². The lowest BCUT2D eigenvalue weighted by atomic mass is 10.6. The van der Waals surface area contributed by atoms with Crippen molar-refractivity contribution in [3.63, 3.8) is 0 Å². The first-order valence-corrected chi connectivity index (χ1v) is 6.38. The highest BCUT2D eigenvalue weighted by Gasteiger charge is 2.02. The summed E-state index contributed by atoms with van der Waals surface area (Å²) in [5, 5.41) is 0. The predicted octanol–water partition coefficient (Wildman–Crippen LogP) is 1.01. The maximum absolute atomic E-state index is 10.6. The minimum Gasteiger partial charge on any atom is -0.306 e. The summed E-state index contributed by atoms with van der Waals surface area (Å²) in [5.41, 5.74) is 0. The molecule has 0 N–H and O–H groups in total. The van der Waals surface area contributed by atoms with Gasteiger partial charge in [0.1, 0.15) is 9.84 Å². The second-order valence-electron chi connectivity index (χ2n) is 2.53. The molecule has 0 radical (unpaired) electrons. The fourth-order valence-corrected chi connectivity index (χ4v) is 1.12. The van der Waals surface area contributed by atoms with Crippen LogP contribution in [-0.4, -0.2) is 45.5 Å². The van der Waals surface area contributed by atoms with Crippen LogP contribution in [0.4, 0.5) is 0 Å². The summed E-state index contributed by atoms with van der Waals surface area (Å²) in [6.07, 6.45) is 1.26. The molecule has 0 aliphatic carbocycles. The monoisotopic (exact) mass is 195 g/mol. The van der Waals surface area contributed by atoms with Crippen LogP contribution in [0, 0.1) is 0 Å². The normalized spacial score (nSPS) is 10.8. The molecule has 0 rings (SSSR count). The molecule has 0 aromatic carbocycles. The Bertz CT molecular complexity index is 175. The topological polar surface area (TPSA) is 37.4 Å². The van der Waals surface area contributed by atoms with Gasteiger partial charge in [-0.05, 0) is 13.6 Å². The van der Waals surface area contributed by atoms with E-state index in [-0.39, 0.29) is 5.75 Å². The van der Waals surface area contributed by atoms with Crippen molar-refractivity contribution < 1.29 is 8.42 Å². The maximum Gasteiger partial charge on any atom is 0.148 e. The number of nitrogens with zero attached hydrogens (tertiary/aromatic N) is 1. The Labute approximate surface area is 76.7 Å². The van der Waals surface area contributed by atoms with Crippen molar-refractivity contribution in [2.24, 2.45) is 0 Å². The van der Waals surface area contributed by atoms with Crippen molar-refractivity contribution in [3.8, 4) is 0 Å². The number of sulfone groups is 1. The first-order valence-electron chi connectivity index (χ1n) is 4.32. The van der Waals surface area contributed by atoms with Gasteiger partial charge in [-0.15, -0.1) is 0 Å². The van der Waals surface area contributed by atoms with E-state index in [1.54, 1.807) is 0 Å². The molecule has 0 unspecified atom stereocenters. The van der Waals surface area contributed by atoms with Crippen molar-refractivity contribution in [3.05, 3.63) is 0 Å². The van der Waals surface area contributed by atoms with Crippen molar-refractivity contribution >= 4 is 9.84 Å². The highest BCUT2D eigenvalue weighted by Crippen LogP contribution is 1.85. The second kappa shape index (κ2) is 7.55. The Balaban J connectivity index is 0. The van der Waals surface area contributed by atoms with E-state index in [0.717, 1.165) is 6.54 Å². The lowest BCUT2D eigenvalue weighted by Crippen LogP contribution is -2.24. The number of hydrogen-bond acceptors (Lipinski definition) is 3. The Morgan fingerprint density at radius 3 is 1.92 bits per heavy atom. The molecule has 4 heteroatoms. The molecule has 0 saturated heterocycles. The van der Waals surface area contributed by atoms with Gasteiger partial charge in [-0.1, -0.05) is 20.8 Å². The highest BCUT2D eigenvalue weighted by molar-refractivity contribution is 7.90. The minimum absolute atomic E-state index is 0.261. The zero-order chi connectivity index (χ0) is 10.2. The Hall–Kier alpha value is -0.0900. The number of rotatable bonds is 4. The minimum atomic E-state index is -2.77. The van der Waals surface area contributed by atoms with Crippen LogP contribution in [0.5, 0.6) is 0 Å². The predicted molar refractivity (Wildman–Crippen MR) is 54.2 cm³/mol. The van der Waals surface area contributed by atoms with Gasteiger partial charge in [0.25, 0.3) is 0 Å². The molecule has 0 aliphatic heterocycles. The van der Waals surface area contributed by atoms with Crippen LogP contribution in [0.2, 0.25) is 0 Å². The van der Waals surface area contributed by atoms with E-state index in [4.69, 9.17) is 0 Å². The van der Waals surface area contributed by atoms with E-state index >= 15 is 0 Å². The molecule has 0 fully saturated rings. The molecule has 0 aromatic rings. The molecule has 0 atom stereocenters. The van der Waals surface area contributed by atoms with Gasteiger partial charge in [0.2, 0.25) is 0 Å². The van der Waals surface area contributed by atoms with Crippen LogP contribution in [0.3, 0.4) is 0 Å². The summed E-state index contributed by atoms with van der Waals surface area (Å²) < 4.78 is 21.2. The molecule has 3 nitrogen and oxygen atoms in total. The summed E-state index contributed by atoms with van der Waals surface area (Å²) in [6, 6.07) is 0. The Morgan fingerprint density at radius 2 is 1.67 bits per heavy atom. The molecule has 0 saturated carbocycles. The fourth-order valence-electron chi connectivity index (χ4n) is 0.480. The van der Waals surface area contributed by atoms with E-state index < -0.39 is 9.84 Å². The standard InChI is InChI=1S/C6H15NO2S.C2H6/c1-4-7(2)5-6-10(3,8)9;1-2/h4-6H2,1-3H3;1-2H3. The van der Waals surface area contributed by atoms with Gasteiger partial charge in [-0.2, -0.15) is 0 Å². The molecule has 0 spiro atoms. The fraction of sp³-hybridized carbons (Fsp3) is 1.00. The molecule has 0 heterocycles. The average Bonchev–Trinajstić information content (AvgIpc) is 2.03. The van der Waals surface area contributed by atoms with Gasteiger partial charge >= 0.3 is 0 Å². The molecule has 0 aromatic heterocycles. The third kappa shape index (κ3) is 12.6. The van der Waals surface area contributed by atoms with Crippen molar-refractivity contribution in [2.75, 3.05) is 32.1 Å². The summed E-state index contributed by atoms with van der Waals surface area (Å²) >= 11 is 0. The summed E-state index contributed by atoms with van der Waals surface area (Å²) in [7, 11) is -0.863. The molecular weight excluding hydrogens is 174 g/mol. The smallest absolute Gasteiger partial charge is 0.148 e. The van der Waals surface area contributed by atoms with Crippen molar-refractivity contribution in [2.45, 2.75) is 20.8 Å². The van der Waals surface area contributed by atoms with Gasteiger partial charge in [0, 0.05) is 12.8 Å². The lowest BCUT2D eigenvalue weighted by Gasteiger charge is -2.11. The van der Waals surface area contributed by atoms with Crippen LogP contribution < -0.4 is 0 Å². The van der Waals surface area contributed by atoms with Crippen LogP contribution >= 0.6 is 0 Å². The summed E-state index contributed by atoms with van der Waals surface area (Å²) in [5.74, 6) is 0.261. The Morgan fingerprint density at radius 1 is 1.25 bits per heavy atom. The van der Waals surface area contributed by atoms with Gasteiger partial charge in [-0.3, -0.25) is 0 Å². The largest absolute Gasteiger partial charge is 0.306 e. The van der Waals surface area contributed by atoms with Gasteiger partial charge in [-0.25, -0.2) is 8.42 Å². The first kappa shape index (κ1) is 14.4. The second-order valence-corrected chi connectivity index (χ2v) is 4.79. The van der Waals surface area contributed by atoms with Crippen LogP contribution in [0.25, 0.3) is 0 Å². The van der Waals surface area contributed by atoms with Gasteiger partial charge in [0.15, 0.2) is 0 Å². The van der Waals surface area contributed by atoms with E-state index in [2.05, 4.69) is 0 Å². The van der Waals surface area contributed by atoms with Gasteiger partial charge < -0.3 is 4.90 Å². The molecule has 76 valence electrons. The van der Waals surface area contributed by atoms with Crippen LogP contribution in [0.1, 0.15) is 20.8 Å². The average molecular weight is 195 g/mol. The Kier molecular flexibility index (Phi) is 9.09. The molecule has 0 amide bonds. The van der Waals surface area contributed by atoms with Crippen molar-refractivity contribution in [1.29, 1.82) is 0 Å². The zero-order valence-electron chi connectivity index (χ0n) is 8.79. The molecule has 12 heavy (non-hydrogen) atoms. The summed E-state index contributed by atoms with van der Waals surface area (Å²) in [4.78, 5) is 1.97. The highest BCUT2D eigenvalue weighted by atomic mass is 32.2. The summed E-state index contributed by atoms with van der Waals surface area (Å²) in [6.45, 7) is 7.53. The molecule has 0 bridgehead atoms. The SMILES string of the molecule is CC.CCN(C)CCS(C)(=O)=O. The van der Waals surface area contributed by atoms with Gasteiger partial charge in [0.05, 0.1) is 5.75 Å². The quantitative estimate of drug-likeness (QED) is 0.672. The molecule has 0 aliphatic rings. The number of hydrogen-bond donors (Lipinski definition) is 0.